The van der Waals surface area contributed by atoms with Crippen molar-refractivity contribution in [2.45, 2.75) is 31.8 Å². The van der Waals surface area contributed by atoms with Crippen molar-refractivity contribution >= 4 is 11.9 Å². The first kappa shape index (κ1) is 17.3. The van der Waals surface area contributed by atoms with Crippen LogP contribution in [-0.2, 0) is 14.3 Å². The largest absolute Gasteiger partial charge is 0.478 e. The second kappa shape index (κ2) is 7.97. The predicted molar refractivity (Wildman–Crippen MR) is 84.4 cm³/mol. The van der Waals surface area contributed by atoms with E-state index < -0.39 is 11.6 Å². The molecule has 1 amide bonds. The van der Waals surface area contributed by atoms with Gasteiger partial charge in [0.15, 0.2) is 0 Å². The summed E-state index contributed by atoms with van der Waals surface area (Å²) in [5.41, 5.74) is -1.28. The summed E-state index contributed by atoms with van der Waals surface area (Å²) >= 11 is 0. The van der Waals surface area contributed by atoms with E-state index >= 15 is 0 Å². The Hall–Kier alpha value is -2.08. The van der Waals surface area contributed by atoms with Crippen LogP contribution < -0.4 is 4.74 Å². The Bertz CT molecular complexity index is 523. The number of nitrogens with zero attached hydrogens (tertiary/aromatic N) is 1. The highest BCUT2D eigenvalue weighted by Gasteiger charge is 2.44. The zero-order chi connectivity index (χ0) is 16.7. The van der Waals surface area contributed by atoms with Gasteiger partial charge in [-0.3, -0.25) is 4.79 Å². The van der Waals surface area contributed by atoms with Gasteiger partial charge >= 0.3 is 5.97 Å². The Balaban J connectivity index is 1.95. The fourth-order valence-electron chi connectivity index (χ4n) is 2.59. The lowest BCUT2D eigenvalue weighted by Gasteiger charge is -2.38. The number of likely N-dealkylation sites (tertiary alicyclic amines) is 1. The second-order valence-corrected chi connectivity index (χ2v) is 5.65. The van der Waals surface area contributed by atoms with Crippen LogP contribution in [0.15, 0.2) is 30.3 Å². The standard InChI is InChI=1S/C17H23NO5/c1-2-12-22-13-15(19)18-10-8-17(9-11-18,16(20)21)23-14-6-4-3-5-7-14/h3-7H,2,8-13H2,1H3,(H,20,21). The van der Waals surface area contributed by atoms with Gasteiger partial charge < -0.3 is 19.5 Å². The number of carboxylic acids is 1. The molecule has 1 aromatic rings. The number of hydrogen-bond donors (Lipinski definition) is 1. The molecule has 0 atom stereocenters. The SMILES string of the molecule is CCCOCC(=O)N1CCC(Oc2ccccc2)(C(=O)O)CC1. The van der Waals surface area contributed by atoms with Crippen LogP contribution >= 0.6 is 0 Å². The highest BCUT2D eigenvalue weighted by atomic mass is 16.5. The molecule has 1 heterocycles. The Morgan fingerprint density at radius 1 is 1.22 bits per heavy atom. The third-order valence-electron chi connectivity index (χ3n) is 3.94. The molecule has 6 nitrogen and oxygen atoms in total. The van der Waals surface area contributed by atoms with Crippen LogP contribution in [0.25, 0.3) is 0 Å². The lowest BCUT2D eigenvalue weighted by atomic mass is 9.91. The van der Waals surface area contributed by atoms with Crippen molar-refractivity contribution in [1.29, 1.82) is 0 Å². The van der Waals surface area contributed by atoms with Crippen molar-refractivity contribution in [2.75, 3.05) is 26.3 Å². The molecule has 2 rings (SSSR count). The average molecular weight is 321 g/mol. The van der Waals surface area contributed by atoms with Gasteiger partial charge in [0.25, 0.3) is 0 Å². The first-order valence-corrected chi connectivity index (χ1v) is 7.90. The van der Waals surface area contributed by atoms with Crippen LogP contribution in [0.4, 0.5) is 0 Å². The maximum absolute atomic E-state index is 12.0. The van der Waals surface area contributed by atoms with E-state index in [0.29, 0.717) is 25.4 Å². The van der Waals surface area contributed by atoms with Crippen molar-refractivity contribution in [1.82, 2.24) is 4.90 Å². The molecular formula is C17H23NO5. The number of carbonyl (C=O) groups excluding carboxylic acids is 1. The quantitative estimate of drug-likeness (QED) is 0.777. The number of carbonyl (C=O) groups is 2. The Morgan fingerprint density at radius 3 is 2.43 bits per heavy atom. The van der Waals surface area contributed by atoms with Gasteiger partial charge in [0.05, 0.1) is 0 Å². The number of ether oxygens (including phenoxy) is 2. The first-order valence-electron chi connectivity index (χ1n) is 7.90. The number of piperidine rings is 1. The van der Waals surface area contributed by atoms with E-state index in [1.165, 1.54) is 0 Å². The van der Waals surface area contributed by atoms with Crippen molar-refractivity contribution < 1.29 is 24.2 Å². The minimum Gasteiger partial charge on any atom is -0.478 e. The molecule has 0 aliphatic carbocycles. The lowest BCUT2D eigenvalue weighted by molar-refractivity contribution is -0.162. The molecule has 1 aliphatic heterocycles. The van der Waals surface area contributed by atoms with E-state index in [1.807, 2.05) is 13.0 Å². The molecule has 126 valence electrons. The Morgan fingerprint density at radius 2 is 1.87 bits per heavy atom. The van der Waals surface area contributed by atoms with Gasteiger partial charge in [0, 0.05) is 32.5 Å². The molecule has 0 unspecified atom stereocenters. The van der Waals surface area contributed by atoms with Crippen LogP contribution in [0, 0.1) is 0 Å². The molecule has 1 aliphatic rings. The summed E-state index contributed by atoms with van der Waals surface area (Å²) in [6, 6.07) is 8.92. The highest BCUT2D eigenvalue weighted by molar-refractivity contribution is 5.80. The Kier molecular flexibility index (Phi) is 5.98. The smallest absolute Gasteiger partial charge is 0.348 e. The summed E-state index contributed by atoms with van der Waals surface area (Å²) in [4.78, 5) is 25.4. The molecule has 0 radical (unpaired) electrons. The van der Waals surface area contributed by atoms with E-state index in [0.717, 1.165) is 6.42 Å². The molecular weight excluding hydrogens is 298 g/mol. The number of aliphatic carboxylic acids is 1. The third kappa shape index (κ3) is 4.45. The summed E-state index contributed by atoms with van der Waals surface area (Å²) in [6.45, 7) is 3.29. The van der Waals surface area contributed by atoms with Crippen LogP contribution in [0.1, 0.15) is 26.2 Å². The summed E-state index contributed by atoms with van der Waals surface area (Å²) in [5, 5.41) is 9.60. The molecule has 1 fully saturated rings. The Labute approximate surface area is 136 Å². The minimum absolute atomic E-state index is 0.0491. The van der Waals surface area contributed by atoms with Crippen LogP contribution in [0.5, 0.6) is 5.75 Å². The number of amides is 1. The number of hydrogen-bond acceptors (Lipinski definition) is 4. The van der Waals surface area contributed by atoms with Gasteiger partial charge in [-0.1, -0.05) is 25.1 Å². The van der Waals surface area contributed by atoms with Gasteiger partial charge in [0.1, 0.15) is 12.4 Å². The van der Waals surface area contributed by atoms with Gasteiger partial charge in [-0.15, -0.1) is 0 Å². The van der Waals surface area contributed by atoms with Gasteiger partial charge in [0.2, 0.25) is 11.5 Å². The van der Waals surface area contributed by atoms with Gasteiger partial charge in [-0.25, -0.2) is 4.79 Å². The van der Waals surface area contributed by atoms with Crippen molar-refractivity contribution in [3.05, 3.63) is 30.3 Å². The van der Waals surface area contributed by atoms with Crippen LogP contribution in [-0.4, -0.2) is 53.8 Å². The van der Waals surface area contributed by atoms with E-state index in [9.17, 15) is 14.7 Å². The fraction of sp³-hybridized carbons (Fsp3) is 0.529. The summed E-state index contributed by atoms with van der Waals surface area (Å²) < 4.78 is 11.0. The molecule has 0 bridgehead atoms. The summed E-state index contributed by atoms with van der Waals surface area (Å²) in [5.74, 6) is -0.561. The number of para-hydroxylation sites is 1. The molecule has 1 aromatic carbocycles. The predicted octanol–water partition coefficient (Wildman–Crippen LogP) is 1.94. The summed E-state index contributed by atoms with van der Waals surface area (Å²) in [7, 11) is 0. The van der Waals surface area contributed by atoms with E-state index in [2.05, 4.69) is 0 Å². The van der Waals surface area contributed by atoms with Crippen molar-refractivity contribution in [3.8, 4) is 5.75 Å². The first-order chi connectivity index (χ1) is 11.1. The van der Waals surface area contributed by atoms with Gasteiger partial charge in [-0.05, 0) is 18.6 Å². The zero-order valence-corrected chi connectivity index (χ0v) is 13.4. The molecule has 0 saturated carbocycles. The maximum Gasteiger partial charge on any atom is 0.348 e. The number of benzene rings is 1. The maximum atomic E-state index is 12.0. The third-order valence-corrected chi connectivity index (χ3v) is 3.94. The monoisotopic (exact) mass is 321 g/mol. The lowest BCUT2D eigenvalue weighted by Crippen LogP contribution is -2.54. The molecule has 6 heteroatoms. The van der Waals surface area contributed by atoms with E-state index in [1.54, 1.807) is 29.2 Å². The molecule has 1 N–H and O–H groups in total. The van der Waals surface area contributed by atoms with Gasteiger partial charge in [-0.2, -0.15) is 0 Å². The second-order valence-electron chi connectivity index (χ2n) is 5.65. The van der Waals surface area contributed by atoms with Crippen molar-refractivity contribution in [3.63, 3.8) is 0 Å². The summed E-state index contributed by atoms with van der Waals surface area (Å²) in [6.07, 6.45) is 1.38. The van der Waals surface area contributed by atoms with Crippen molar-refractivity contribution in [2.24, 2.45) is 0 Å². The molecule has 0 spiro atoms. The molecule has 23 heavy (non-hydrogen) atoms. The zero-order valence-electron chi connectivity index (χ0n) is 13.4. The average Bonchev–Trinajstić information content (AvgIpc) is 2.56. The number of rotatable bonds is 7. The van der Waals surface area contributed by atoms with Crippen LogP contribution in [0.2, 0.25) is 0 Å². The minimum atomic E-state index is -1.28. The van der Waals surface area contributed by atoms with Crippen LogP contribution in [0.3, 0.4) is 0 Å². The fourth-order valence-corrected chi connectivity index (χ4v) is 2.59. The molecule has 0 aromatic heterocycles. The van der Waals surface area contributed by atoms with E-state index in [4.69, 9.17) is 9.47 Å². The highest BCUT2D eigenvalue weighted by Crippen LogP contribution is 2.29. The normalized spacial score (nSPS) is 16.8. The van der Waals surface area contributed by atoms with E-state index in [-0.39, 0.29) is 25.4 Å². The number of carboxylic acid groups (broad SMARTS) is 1. The topological polar surface area (TPSA) is 76.1 Å². The molecule has 1 saturated heterocycles.